The number of esters is 1. The van der Waals surface area contributed by atoms with Gasteiger partial charge < -0.3 is 10.1 Å². The Bertz CT molecular complexity index is 477. The lowest BCUT2D eigenvalue weighted by Crippen LogP contribution is -2.36. The minimum atomic E-state index is -0.0885. The van der Waals surface area contributed by atoms with Crippen LogP contribution in [0, 0.1) is 11.8 Å². The van der Waals surface area contributed by atoms with Crippen LogP contribution in [0.25, 0.3) is 0 Å². The molecule has 1 saturated heterocycles. The molecule has 1 aliphatic carbocycles. The second-order valence-electron chi connectivity index (χ2n) is 5.48. The summed E-state index contributed by atoms with van der Waals surface area (Å²) >= 11 is 3.42. The second-order valence-corrected chi connectivity index (χ2v) is 6.39. The molecule has 3 rings (SSSR count). The van der Waals surface area contributed by atoms with Crippen LogP contribution in [-0.2, 0) is 16.1 Å². The number of fused-ring (bicyclic) bond motifs is 1. The summed E-state index contributed by atoms with van der Waals surface area (Å²) in [6.07, 6.45) is 3.67. The Morgan fingerprint density at radius 2 is 2.32 bits per heavy atom. The molecule has 3 atom stereocenters. The molecule has 2 aliphatic rings. The van der Waals surface area contributed by atoms with Gasteiger partial charge in [-0.15, -0.1) is 0 Å². The van der Waals surface area contributed by atoms with Crippen LogP contribution < -0.4 is 5.32 Å². The Morgan fingerprint density at radius 1 is 1.42 bits per heavy atom. The predicted molar refractivity (Wildman–Crippen MR) is 76.6 cm³/mol. The molecule has 0 amide bonds. The number of hydrogen-bond donors (Lipinski definition) is 1. The van der Waals surface area contributed by atoms with Crippen molar-refractivity contribution in [2.24, 2.45) is 11.8 Å². The molecule has 1 heterocycles. The summed E-state index contributed by atoms with van der Waals surface area (Å²) in [4.78, 5) is 12.1. The summed E-state index contributed by atoms with van der Waals surface area (Å²) in [5.74, 6) is 1.09. The number of carbonyl (C=O) groups is 1. The van der Waals surface area contributed by atoms with Gasteiger partial charge in [-0.25, -0.2) is 0 Å². The van der Waals surface area contributed by atoms with Gasteiger partial charge in [0.05, 0.1) is 0 Å². The molecule has 4 heteroatoms. The SMILES string of the molecule is O=C(OCc1cccc(Br)c1)C1NCC2CCCC21. The van der Waals surface area contributed by atoms with E-state index in [2.05, 4.69) is 21.2 Å². The maximum absolute atomic E-state index is 12.1. The summed E-state index contributed by atoms with van der Waals surface area (Å²) in [7, 11) is 0. The molecule has 2 fully saturated rings. The number of benzene rings is 1. The molecule has 0 bridgehead atoms. The zero-order chi connectivity index (χ0) is 13.2. The molecule has 1 aromatic carbocycles. The summed E-state index contributed by atoms with van der Waals surface area (Å²) in [6, 6.07) is 7.78. The average Bonchev–Trinajstić information content (AvgIpc) is 2.98. The van der Waals surface area contributed by atoms with Crippen molar-refractivity contribution in [3.8, 4) is 0 Å². The first-order chi connectivity index (χ1) is 9.24. The highest BCUT2D eigenvalue weighted by Gasteiger charge is 2.43. The van der Waals surface area contributed by atoms with Gasteiger partial charge in [0.2, 0.25) is 0 Å². The van der Waals surface area contributed by atoms with Gasteiger partial charge in [-0.05, 0) is 48.9 Å². The van der Waals surface area contributed by atoms with E-state index in [1.807, 2.05) is 24.3 Å². The molecule has 3 nitrogen and oxygen atoms in total. The fourth-order valence-electron chi connectivity index (χ4n) is 3.32. The standard InChI is InChI=1S/C15H18BrNO2/c16-12-5-1-3-10(7-12)9-19-15(18)14-13-6-2-4-11(13)8-17-14/h1,3,5,7,11,13-14,17H,2,4,6,8-9H2. The molecule has 102 valence electrons. The quantitative estimate of drug-likeness (QED) is 0.869. The number of nitrogens with one attached hydrogen (secondary N) is 1. The highest BCUT2D eigenvalue weighted by Crippen LogP contribution is 2.38. The fraction of sp³-hybridized carbons (Fsp3) is 0.533. The smallest absolute Gasteiger partial charge is 0.323 e. The lowest BCUT2D eigenvalue weighted by atomic mass is 9.94. The largest absolute Gasteiger partial charge is 0.460 e. The average molecular weight is 324 g/mol. The summed E-state index contributed by atoms with van der Waals surface area (Å²) in [5.41, 5.74) is 1.02. The summed E-state index contributed by atoms with van der Waals surface area (Å²) < 4.78 is 6.46. The maximum Gasteiger partial charge on any atom is 0.323 e. The lowest BCUT2D eigenvalue weighted by molar-refractivity contribution is -0.148. The molecule has 0 radical (unpaired) electrons. The fourth-order valence-corrected chi connectivity index (χ4v) is 3.76. The molecule has 0 spiro atoms. The van der Waals surface area contributed by atoms with Crippen molar-refractivity contribution in [1.29, 1.82) is 0 Å². The van der Waals surface area contributed by atoms with Crippen molar-refractivity contribution < 1.29 is 9.53 Å². The highest BCUT2D eigenvalue weighted by molar-refractivity contribution is 9.10. The molecular formula is C15H18BrNO2. The van der Waals surface area contributed by atoms with Crippen LogP contribution in [-0.4, -0.2) is 18.6 Å². The van der Waals surface area contributed by atoms with E-state index in [-0.39, 0.29) is 12.0 Å². The van der Waals surface area contributed by atoms with E-state index < -0.39 is 0 Å². The summed E-state index contributed by atoms with van der Waals surface area (Å²) in [6.45, 7) is 1.33. The number of ether oxygens (including phenoxy) is 1. The first kappa shape index (κ1) is 13.1. The van der Waals surface area contributed by atoms with Crippen LogP contribution >= 0.6 is 15.9 Å². The monoisotopic (exact) mass is 323 g/mol. The Labute approximate surface area is 121 Å². The van der Waals surface area contributed by atoms with Gasteiger partial charge in [0.1, 0.15) is 12.6 Å². The van der Waals surface area contributed by atoms with E-state index in [1.54, 1.807) is 0 Å². The summed E-state index contributed by atoms with van der Waals surface area (Å²) in [5, 5.41) is 3.32. The Kier molecular flexibility index (Phi) is 3.89. The van der Waals surface area contributed by atoms with E-state index in [4.69, 9.17) is 4.74 Å². The van der Waals surface area contributed by atoms with Crippen LogP contribution in [0.4, 0.5) is 0 Å². The van der Waals surface area contributed by atoms with Gasteiger partial charge in [0.15, 0.2) is 0 Å². The molecule has 1 N–H and O–H groups in total. The van der Waals surface area contributed by atoms with Gasteiger partial charge in [-0.1, -0.05) is 34.5 Å². The van der Waals surface area contributed by atoms with Crippen LogP contribution in [0.5, 0.6) is 0 Å². The topological polar surface area (TPSA) is 38.3 Å². The van der Waals surface area contributed by atoms with Crippen molar-refractivity contribution in [2.45, 2.75) is 31.9 Å². The van der Waals surface area contributed by atoms with Gasteiger partial charge in [-0.3, -0.25) is 4.79 Å². The molecular weight excluding hydrogens is 306 g/mol. The molecule has 3 unspecified atom stereocenters. The number of halogens is 1. The molecule has 0 aromatic heterocycles. The van der Waals surface area contributed by atoms with Gasteiger partial charge in [-0.2, -0.15) is 0 Å². The minimum Gasteiger partial charge on any atom is -0.460 e. The minimum absolute atomic E-state index is 0.0837. The van der Waals surface area contributed by atoms with Gasteiger partial charge in [0.25, 0.3) is 0 Å². The molecule has 1 aliphatic heterocycles. The van der Waals surface area contributed by atoms with Gasteiger partial charge in [0, 0.05) is 4.47 Å². The number of carbonyl (C=O) groups excluding carboxylic acids is 1. The van der Waals surface area contributed by atoms with Crippen LogP contribution in [0.3, 0.4) is 0 Å². The van der Waals surface area contributed by atoms with E-state index in [0.717, 1.165) is 23.0 Å². The van der Waals surface area contributed by atoms with E-state index in [0.29, 0.717) is 18.4 Å². The Hall–Kier alpha value is -0.870. The Balaban J connectivity index is 1.57. The van der Waals surface area contributed by atoms with Crippen molar-refractivity contribution in [3.63, 3.8) is 0 Å². The van der Waals surface area contributed by atoms with Crippen molar-refractivity contribution in [3.05, 3.63) is 34.3 Å². The van der Waals surface area contributed by atoms with E-state index in [9.17, 15) is 4.79 Å². The van der Waals surface area contributed by atoms with E-state index >= 15 is 0 Å². The number of rotatable bonds is 3. The zero-order valence-electron chi connectivity index (χ0n) is 10.8. The van der Waals surface area contributed by atoms with Crippen molar-refractivity contribution >= 4 is 21.9 Å². The van der Waals surface area contributed by atoms with Crippen LogP contribution in [0.2, 0.25) is 0 Å². The molecule has 1 aromatic rings. The second kappa shape index (κ2) is 5.63. The molecule has 19 heavy (non-hydrogen) atoms. The molecule has 1 saturated carbocycles. The zero-order valence-corrected chi connectivity index (χ0v) is 12.4. The normalized spacial score (nSPS) is 29.2. The lowest BCUT2D eigenvalue weighted by Gasteiger charge is -2.16. The third kappa shape index (κ3) is 2.84. The third-order valence-electron chi connectivity index (χ3n) is 4.27. The van der Waals surface area contributed by atoms with Crippen molar-refractivity contribution in [2.75, 3.05) is 6.54 Å². The van der Waals surface area contributed by atoms with Crippen LogP contribution in [0.15, 0.2) is 28.7 Å². The van der Waals surface area contributed by atoms with Gasteiger partial charge >= 0.3 is 5.97 Å². The van der Waals surface area contributed by atoms with Crippen molar-refractivity contribution in [1.82, 2.24) is 5.32 Å². The predicted octanol–water partition coefficient (Wildman–Crippen LogP) is 2.88. The maximum atomic E-state index is 12.1. The third-order valence-corrected chi connectivity index (χ3v) is 4.76. The van der Waals surface area contributed by atoms with Crippen LogP contribution in [0.1, 0.15) is 24.8 Å². The first-order valence-corrected chi connectivity index (χ1v) is 7.68. The highest BCUT2D eigenvalue weighted by atomic mass is 79.9. The van der Waals surface area contributed by atoms with E-state index in [1.165, 1.54) is 12.8 Å². The number of hydrogen-bond acceptors (Lipinski definition) is 3. The Morgan fingerprint density at radius 3 is 3.16 bits per heavy atom. The first-order valence-electron chi connectivity index (χ1n) is 6.88.